The van der Waals surface area contributed by atoms with E-state index in [0.717, 1.165) is 11.3 Å². The first-order valence-electron chi connectivity index (χ1n) is 6.30. The predicted molar refractivity (Wildman–Crippen MR) is 72.4 cm³/mol. The van der Waals surface area contributed by atoms with Crippen LogP contribution in [0.15, 0.2) is 18.2 Å². The average Bonchev–Trinajstić information content (AvgIpc) is 2.68. The van der Waals surface area contributed by atoms with Gasteiger partial charge in [-0.3, -0.25) is 4.90 Å². The van der Waals surface area contributed by atoms with Gasteiger partial charge in [0.05, 0.1) is 5.69 Å². The fourth-order valence-corrected chi connectivity index (χ4v) is 2.05. The van der Waals surface area contributed by atoms with Crippen LogP contribution < -0.4 is 9.64 Å². The van der Waals surface area contributed by atoms with Crippen molar-refractivity contribution in [3.8, 4) is 5.75 Å². The molecule has 0 atom stereocenters. The van der Waals surface area contributed by atoms with E-state index < -0.39 is 17.8 Å². The van der Waals surface area contributed by atoms with Gasteiger partial charge in [-0.15, -0.1) is 0 Å². The summed E-state index contributed by atoms with van der Waals surface area (Å²) in [5, 5.41) is 8.58. The van der Waals surface area contributed by atoms with E-state index in [2.05, 4.69) is 4.74 Å². The molecule has 1 amide bonds. The van der Waals surface area contributed by atoms with Crippen LogP contribution in [0.5, 0.6) is 5.75 Å². The number of anilines is 1. The largest absolute Gasteiger partial charge is 0.511 e. The van der Waals surface area contributed by atoms with Gasteiger partial charge in [-0.25, -0.2) is 9.59 Å². The van der Waals surface area contributed by atoms with Gasteiger partial charge in [0.15, 0.2) is 0 Å². The third-order valence-electron chi connectivity index (χ3n) is 2.77. The Labute approximate surface area is 116 Å². The Kier molecular flexibility index (Phi) is 3.57. The molecule has 2 rings (SSSR count). The van der Waals surface area contributed by atoms with Crippen LogP contribution in [0.4, 0.5) is 15.3 Å². The SMILES string of the molecule is CC(C)(C)OC(=O)N1CCc2cc(OC(=O)O)ccc21. The zero-order chi connectivity index (χ0) is 14.9. The predicted octanol–water partition coefficient (Wildman–Crippen LogP) is 3.04. The highest BCUT2D eigenvalue weighted by atomic mass is 16.7. The van der Waals surface area contributed by atoms with Gasteiger partial charge in [0.1, 0.15) is 11.4 Å². The maximum atomic E-state index is 12.1. The lowest BCUT2D eigenvalue weighted by atomic mass is 10.1. The second-order valence-electron chi connectivity index (χ2n) is 5.54. The van der Waals surface area contributed by atoms with Crippen LogP contribution in [0.1, 0.15) is 26.3 Å². The Bertz CT molecular complexity index is 547. The van der Waals surface area contributed by atoms with Crippen LogP contribution in [0.3, 0.4) is 0 Å². The van der Waals surface area contributed by atoms with Crippen LogP contribution in [0, 0.1) is 0 Å². The number of carboxylic acid groups (broad SMARTS) is 1. The molecular formula is C14H17NO5. The van der Waals surface area contributed by atoms with E-state index in [4.69, 9.17) is 9.84 Å². The number of amides is 1. The number of hydrogen-bond acceptors (Lipinski definition) is 4. The molecule has 0 aliphatic carbocycles. The molecule has 20 heavy (non-hydrogen) atoms. The first kappa shape index (κ1) is 14.2. The molecule has 0 unspecified atom stereocenters. The smallest absolute Gasteiger partial charge is 0.449 e. The molecule has 1 heterocycles. The van der Waals surface area contributed by atoms with E-state index >= 15 is 0 Å². The molecule has 0 aromatic heterocycles. The molecule has 0 saturated heterocycles. The highest BCUT2D eigenvalue weighted by molar-refractivity contribution is 5.90. The molecule has 1 aliphatic heterocycles. The van der Waals surface area contributed by atoms with E-state index in [1.165, 1.54) is 6.07 Å². The number of carbonyl (C=O) groups excluding carboxylic acids is 1. The number of fused-ring (bicyclic) bond motifs is 1. The maximum absolute atomic E-state index is 12.1. The van der Waals surface area contributed by atoms with Crippen molar-refractivity contribution in [1.29, 1.82) is 0 Å². The van der Waals surface area contributed by atoms with Gasteiger partial charge in [0.2, 0.25) is 0 Å². The lowest BCUT2D eigenvalue weighted by molar-refractivity contribution is 0.0583. The van der Waals surface area contributed by atoms with E-state index in [1.54, 1.807) is 17.0 Å². The van der Waals surface area contributed by atoms with Crippen molar-refractivity contribution in [2.75, 3.05) is 11.4 Å². The molecule has 1 aromatic carbocycles. The molecule has 0 spiro atoms. The number of ether oxygens (including phenoxy) is 2. The van der Waals surface area contributed by atoms with Gasteiger partial charge in [0, 0.05) is 6.54 Å². The molecule has 0 fully saturated rings. The fraction of sp³-hybridized carbons (Fsp3) is 0.429. The van der Waals surface area contributed by atoms with Gasteiger partial charge < -0.3 is 14.6 Å². The van der Waals surface area contributed by atoms with Crippen molar-refractivity contribution in [2.45, 2.75) is 32.8 Å². The van der Waals surface area contributed by atoms with Crippen molar-refractivity contribution < 1.29 is 24.2 Å². The minimum absolute atomic E-state index is 0.252. The van der Waals surface area contributed by atoms with Crippen LogP contribution in [0.2, 0.25) is 0 Å². The van der Waals surface area contributed by atoms with Gasteiger partial charge in [-0.05, 0) is 51.0 Å². The second kappa shape index (κ2) is 5.03. The van der Waals surface area contributed by atoms with Gasteiger partial charge in [0.25, 0.3) is 0 Å². The summed E-state index contributed by atoms with van der Waals surface area (Å²) in [6, 6.07) is 4.83. The summed E-state index contributed by atoms with van der Waals surface area (Å²) in [5.74, 6) is 0.252. The molecule has 6 heteroatoms. The topological polar surface area (TPSA) is 76.1 Å². The number of hydrogen-bond donors (Lipinski definition) is 1. The summed E-state index contributed by atoms with van der Waals surface area (Å²) in [6.45, 7) is 5.95. The minimum Gasteiger partial charge on any atom is -0.449 e. The molecule has 1 aromatic rings. The van der Waals surface area contributed by atoms with E-state index in [-0.39, 0.29) is 5.75 Å². The van der Waals surface area contributed by atoms with Crippen LogP contribution in [-0.2, 0) is 11.2 Å². The van der Waals surface area contributed by atoms with Crippen molar-refractivity contribution in [1.82, 2.24) is 0 Å². The third kappa shape index (κ3) is 3.20. The summed E-state index contributed by atoms with van der Waals surface area (Å²) in [5.41, 5.74) is 1.05. The lowest BCUT2D eigenvalue weighted by Gasteiger charge is -2.24. The second-order valence-corrected chi connectivity index (χ2v) is 5.54. The number of rotatable bonds is 1. The van der Waals surface area contributed by atoms with Gasteiger partial charge in [-0.2, -0.15) is 0 Å². The molecule has 1 aliphatic rings. The van der Waals surface area contributed by atoms with E-state index in [9.17, 15) is 9.59 Å². The Morgan fingerprint density at radius 3 is 2.60 bits per heavy atom. The maximum Gasteiger partial charge on any atom is 0.511 e. The fourth-order valence-electron chi connectivity index (χ4n) is 2.05. The Morgan fingerprint density at radius 2 is 2.00 bits per heavy atom. The molecule has 108 valence electrons. The Balaban J connectivity index is 2.17. The van der Waals surface area contributed by atoms with E-state index in [0.29, 0.717) is 13.0 Å². The number of nitrogens with zero attached hydrogens (tertiary/aromatic N) is 1. The number of carbonyl (C=O) groups is 2. The third-order valence-corrected chi connectivity index (χ3v) is 2.77. The molecular weight excluding hydrogens is 262 g/mol. The highest BCUT2D eigenvalue weighted by Crippen LogP contribution is 2.32. The monoisotopic (exact) mass is 279 g/mol. The van der Waals surface area contributed by atoms with Crippen LogP contribution >= 0.6 is 0 Å². The van der Waals surface area contributed by atoms with Crippen molar-refractivity contribution >= 4 is 17.9 Å². The van der Waals surface area contributed by atoms with Gasteiger partial charge >= 0.3 is 12.2 Å². The zero-order valence-electron chi connectivity index (χ0n) is 11.7. The summed E-state index contributed by atoms with van der Waals surface area (Å²) >= 11 is 0. The molecule has 6 nitrogen and oxygen atoms in total. The Morgan fingerprint density at radius 1 is 1.30 bits per heavy atom. The Hall–Kier alpha value is -2.24. The molecule has 1 N–H and O–H groups in total. The summed E-state index contributed by atoms with van der Waals surface area (Å²) < 4.78 is 9.93. The summed E-state index contributed by atoms with van der Waals surface area (Å²) in [6.07, 6.45) is -1.11. The first-order valence-corrected chi connectivity index (χ1v) is 6.30. The summed E-state index contributed by atoms with van der Waals surface area (Å²) in [4.78, 5) is 24.1. The zero-order valence-corrected chi connectivity index (χ0v) is 11.7. The quantitative estimate of drug-likeness (QED) is 0.631. The van der Waals surface area contributed by atoms with Crippen molar-refractivity contribution in [3.63, 3.8) is 0 Å². The van der Waals surface area contributed by atoms with Crippen molar-refractivity contribution in [3.05, 3.63) is 23.8 Å². The van der Waals surface area contributed by atoms with E-state index in [1.807, 2.05) is 20.8 Å². The number of benzene rings is 1. The molecule has 0 radical (unpaired) electrons. The summed E-state index contributed by atoms with van der Waals surface area (Å²) in [7, 11) is 0. The van der Waals surface area contributed by atoms with Gasteiger partial charge in [-0.1, -0.05) is 0 Å². The normalized spacial score (nSPS) is 13.8. The first-order chi connectivity index (χ1) is 9.26. The van der Waals surface area contributed by atoms with Crippen molar-refractivity contribution in [2.24, 2.45) is 0 Å². The standard InChI is InChI=1S/C14H17NO5/c1-14(2,3)20-12(16)15-7-6-9-8-10(19-13(17)18)4-5-11(9)15/h4-5,8H,6-7H2,1-3H3,(H,17,18). The highest BCUT2D eigenvalue weighted by Gasteiger charge is 2.29. The van der Waals surface area contributed by atoms with Crippen LogP contribution in [-0.4, -0.2) is 29.5 Å². The molecule has 0 saturated carbocycles. The average molecular weight is 279 g/mol. The molecule has 0 bridgehead atoms. The lowest BCUT2D eigenvalue weighted by Crippen LogP contribution is -2.35. The minimum atomic E-state index is -1.35. The van der Waals surface area contributed by atoms with Crippen LogP contribution in [0.25, 0.3) is 0 Å².